The van der Waals surface area contributed by atoms with E-state index in [0.29, 0.717) is 5.75 Å². The zero-order valence-electron chi connectivity index (χ0n) is 17.8. The van der Waals surface area contributed by atoms with Crippen LogP contribution in [0.3, 0.4) is 0 Å². The molecule has 3 N–H and O–H groups in total. The molecule has 0 unspecified atom stereocenters. The standard InChI is InChI=1S/C23H25N3O4S/c1-15-5-8-19(9-6-15)26-16(2)13-18(17(26)3)7-12-23(27)25-21-14-20(31(24,28)29)10-11-22(21)30-4/h5-14H,1-4H3,(H,25,27)(H2,24,28,29)/b12-7+. The van der Waals surface area contributed by atoms with E-state index in [1.165, 1.54) is 36.9 Å². The maximum Gasteiger partial charge on any atom is 0.248 e. The van der Waals surface area contributed by atoms with Crippen molar-refractivity contribution in [2.24, 2.45) is 5.14 Å². The molecule has 1 aromatic heterocycles. The quantitative estimate of drug-likeness (QED) is 0.572. The number of methoxy groups -OCH3 is 1. The van der Waals surface area contributed by atoms with Crippen molar-refractivity contribution in [3.05, 3.63) is 77.1 Å². The fourth-order valence-corrected chi connectivity index (χ4v) is 3.89. The molecule has 0 aliphatic heterocycles. The van der Waals surface area contributed by atoms with Crippen molar-refractivity contribution in [2.75, 3.05) is 12.4 Å². The molecule has 1 amide bonds. The fourth-order valence-electron chi connectivity index (χ4n) is 3.35. The molecule has 31 heavy (non-hydrogen) atoms. The van der Waals surface area contributed by atoms with Crippen LogP contribution in [0.4, 0.5) is 5.69 Å². The number of aromatic nitrogens is 1. The molecule has 3 aromatic rings. The summed E-state index contributed by atoms with van der Waals surface area (Å²) in [6, 6.07) is 14.2. The third-order valence-corrected chi connectivity index (χ3v) is 5.85. The van der Waals surface area contributed by atoms with Crippen LogP contribution in [0, 0.1) is 20.8 Å². The van der Waals surface area contributed by atoms with E-state index in [4.69, 9.17) is 9.88 Å². The molecular formula is C23H25N3O4S. The van der Waals surface area contributed by atoms with Crippen molar-refractivity contribution < 1.29 is 17.9 Å². The highest BCUT2D eigenvalue weighted by molar-refractivity contribution is 7.89. The zero-order chi connectivity index (χ0) is 22.8. The first-order chi connectivity index (χ1) is 14.6. The number of nitrogens with one attached hydrogen (secondary N) is 1. The van der Waals surface area contributed by atoms with Gasteiger partial charge in [-0.15, -0.1) is 0 Å². The molecule has 0 fully saturated rings. The molecule has 0 saturated heterocycles. The average molecular weight is 440 g/mol. The third kappa shape index (κ3) is 5.04. The van der Waals surface area contributed by atoms with E-state index < -0.39 is 15.9 Å². The van der Waals surface area contributed by atoms with Crippen molar-refractivity contribution in [2.45, 2.75) is 25.7 Å². The highest BCUT2D eigenvalue weighted by Crippen LogP contribution is 2.27. The lowest BCUT2D eigenvalue weighted by molar-refractivity contribution is -0.111. The predicted molar refractivity (Wildman–Crippen MR) is 122 cm³/mol. The number of hydrogen-bond acceptors (Lipinski definition) is 4. The highest BCUT2D eigenvalue weighted by Gasteiger charge is 2.14. The number of anilines is 1. The minimum absolute atomic E-state index is 0.116. The molecule has 2 aromatic carbocycles. The monoisotopic (exact) mass is 439 g/mol. The first-order valence-corrected chi connectivity index (χ1v) is 11.1. The van der Waals surface area contributed by atoms with Crippen LogP contribution in [0.5, 0.6) is 5.75 Å². The summed E-state index contributed by atoms with van der Waals surface area (Å²) in [5.74, 6) is -0.100. The average Bonchev–Trinajstić information content (AvgIpc) is 2.99. The Morgan fingerprint density at radius 1 is 1.06 bits per heavy atom. The molecule has 3 rings (SSSR count). The zero-order valence-corrected chi connectivity index (χ0v) is 18.7. The largest absolute Gasteiger partial charge is 0.495 e. The number of carbonyl (C=O) groups excluding carboxylic acids is 1. The second-order valence-electron chi connectivity index (χ2n) is 7.23. The molecule has 0 aliphatic carbocycles. The molecule has 162 valence electrons. The lowest BCUT2D eigenvalue weighted by Gasteiger charge is -2.10. The number of nitrogens with zero attached hydrogens (tertiary/aromatic N) is 1. The summed E-state index contributed by atoms with van der Waals surface area (Å²) >= 11 is 0. The number of benzene rings is 2. The van der Waals surface area contributed by atoms with Crippen LogP contribution < -0.4 is 15.2 Å². The van der Waals surface area contributed by atoms with Crippen molar-refractivity contribution in [1.29, 1.82) is 0 Å². The van der Waals surface area contributed by atoms with Gasteiger partial charge in [-0.2, -0.15) is 0 Å². The van der Waals surface area contributed by atoms with E-state index in [9.17, 15) is 13.2 Å². The Balaban J connectivity index is 1.84. The SMILES string of the molecule is COc1ccc(S(N)(=O)=O)cc1NC(=O)/C=C/c1cc(C)n(-c2ccc(C)cc2)c1C. The highest BCUT2D eigenvalue weighted by atomic mass is 32.2. The van der Waals surface area contributed by atoms with Gasteiger partial charge in [0, 0.05) is 23.2 Å². The Labute approximate surface area is 182 Å². The van der Waals surface area contributed by atoms with Gasteiger partial charge in [0.2, 0.25) is 15.9 Å². The number of hydrogen-bond donors (Lipinski definition) is 2. The van der Waals surface area contributed by atoms with Crippen LogP contribution in [0.2, 0.25) is 0 Å². The third-order valence-electron chi connectivity index (χ3n) is 4.93. The van der Waals surface area contributed by atoms with Crippen LogP contribution in [0.25, 0.3) is 11.8 Å². The number of nitrogens with two attached hydrogens (primary N) is 1. The van der Waals surface area contributed by atoms with Gasteiger partial charge in [-0.25, -0.2) is 13.6 Å². The van der Waals surface area contributed by atoms with Crippen molar-refractivity contribution in [3.63, 3.8) is 0 Å². The molecule has 0 aliphatic rings. The molecule has 1 heterocycles. The lowest BCUT2D eigenvalue weighted by atomic mass is 10.2. The first-order valence-electron chi connectivity index (χ1n) is 9.56. The number of carbonyl (C=O) groups is 1. The van der Waals surface area contributed by atoms with Gasteiger partial charge in [-0.05, 0) is 68.8 Å². The fraction of sp³-hybridized carbons (Fsp3) is 0.174. The lowest BCUT2D eigenvalue weighted by Crippen LogP contribution is -2.14. The summed E-state index contributed by atoms with van der Waals surface area (Å²) < 4.78 is 30.5. The Hall–Kier alpha value is -3.36. The number of primary sulfonamides is 1. The summed E-state index contributed by atoms with van der Waals surface area (Å²) in [7, 11) is -2.48. The van der Waals surface area contributed by atoms with Crippen molar-refractivity contribution in [1.82, 2.24) is 4.57 Å². The van der Waals surface area contributed by atoms with Gasteiger partial charge in [-0.3, -0.25) is 4.79 Å². The molecule has 0 saturated carbocycles. The summed E-state index contributed by atoms with van der Waals surface area (Å²) in [5, 5.41) is 7.82. The summed E-state index contributed by atoms with van der Waals surface area (Å²) in [6.07, 6.45) is 3.11. The number of rotatable bonds is 6. The molecule has 0 bridgehead atoms. The number of aryl methyl sites for hydroxylation is 2. The van der Waals surface area contributed by atoms with Crippen LogP contribution in [0.1, 0.15) is 22.5 Å². The minimum atomic E-state index is -3.91. The van der Waals surface area contributed by atoms with Crippen LogP contribution in [-0.2, 0) is 14.8 Å². The predicted octanol–water partition coefficient (Wildman–Crippen LogP) is 3.71. The van der Waals surface area contributed by atoms with Crippen LogP contribution in [-0.4, -0.2) is 26.0 Å². The van der Waals surface area contributed by atoms with Gasteiger partial charge in [0.25, 0.3) is 0 Å². The van der Waals surface area contributed by atoms with Crippen molar-refractivity contribution in [3.8, 4) is 11.4 Å². The molecule has 7 nitrogen and oxygen atoms in total. The summed E-state index contributed by atoms with van der Waals surface area (Å²) in [5.41, 5.74) is 5.40. The van der Waals surface area contributed by atoms with E-state index in [-0.39, 0.29) is 10.6 Å². The Kier molecular flexibility index (Phi) is 6.33. The minimum Gasteiger partial charge on any atom is -0.495 e. The van der Waals surface area contributed by atoms with E-state index in [2.05, 4.69) is 34.1 Å². The van der Waals surface area contributed by atoms with Crippen LogP contribution in [0.15, 0.2) is 59.5 Å². The van der Waals surface area contributed by atoms with E-state index in [0.717, 1.165) is 22.6 Å². The summed E-state index contributed by atoms with van der Waals surface area (Å²) in [4.78, 5) is 12.4. The maximum absolute atomic E-state index is 12.5. The molecule has 8 heteroatoms. The Morgan fingerprint density at radius 2 is 1.74 bits per heavy atom. The van der Waals surface area contributed by atoms with Gasteiger partial charge in [0.1, 0.15) is 5.75 Å². The van der Waals surface area contributed by atoms with Gasteiger partial charge in [0.15, 0.2) is 0 Å². The van der Waals surface area contributed by atoms with Crippen LogP contribution >= 0.6 is 0 Å². The smallest absolute Gasteiger partial charge is 0.248 e. The Morgan fingerprint density at radius 3 is 2.35 bits per heavy atom. The molecule has 0 atom stereocenters. The van der Waals surface area contributed by atoms with E-state index in [1.807, 2.05) is 26.8 Å². The van der Waals surface area contributed by atoms with Gasteiger partial charge in [0.05, 0.1) is 17.7 Å². The number of amides is 1. The maximum atomic E-state index is 12.5. The summed E-state index contributed by atoms with van der Waals surface area (Å²) in [6.45, 7) is 6.04. The van der Waals surface area contributed by atoms with E-state index >= 15 is 0 Å². The van der Waals surface area contributed by atoms with Gasteiger partial charge >= 0.3 is 0 Å². The second-order valence-corrected chi connectivity index (χ2v) is 8.79. The van der Waals surface area contributed by atoms with E-state index in [1.54, 1.807) is 6.08 Å². The topological polar surface area (TPSA) is 103 Å². The molecular weight excluding hydrogens is 414 g/mol. The number of sulfonamides is 1. The normalized spacial score (nSPS) is 11.6. The van der Waals surface area contributed by atoms with Crippen molar-refractivity contribution >= 4 is 27.7 Å². The van der Waals surface area contributed by atoms with Gasteiger partial charge in [-0.1, -0.05) is 17.7 Å². The Bertz CT molecular complexity index is 1260. The first kappa shape index (κ1) is 22.3. The number of ether oxygens (including phenoxy) is 1. The van der Waals surface area contributed by atoms with Gasteiger partial charge < -0.3 is 14.6 Å². The molecule has 0 radical (unpaired) electrons. The second kappa shape index (κ2) is 8.79. The molecule has 0 spiro atoms.